The van der Waals surface area contributed by atoms with Crippen LogP contribution in [-0.4, -0.2) is 55.1 Å². The first-order valence-corrected chi connectivity index (χ1v) is 9.95. The van der Waals surface area contributed by atoms with Crippen molar-refractivity contribution in [2.24, 2.45) is 17.3 Å². The molecule has 158 valence electrons. The van der Waals surface area contributed by atoms with E-state index in [0.29, 0.717) is 24.8 Å². The molecule has 0 radical (unpaired) electrons. The number of aromatic nitrogens is 5. The summed E-state index contributed by atoms with van der Waals surface area (Å²) < 4.78 is 5.43. The molecule has 3 heterocycles. The van der Waals surface area contributed by atoms with Gasteiger partial charge in [0.15, 0.2) is 5.82 Å². The second-order valence-electron chi connectivity index (χ2n) is 8.88. The van der Waals surface area contributed by atoms with Gasteiger partial charge < -0.3 is 14.7 Å². The lowest BCUT2D eigenvalue weighted by molar-refractivity contribution is -0.138. The summed E-state index contributed by atoms with van der Waals surface area (Å²) >= 11 is 0. The topological polar surface area (TPSA) is 130 Å². The Morgan fingerprint density at radius 2 is 2.10 bits per heavy atom. The zero-order chi connectivity index (χ0) is 21.2. The number of carbonyl (C=O) groups is 2. The van der Waals surface area contributed by atoms with Crippen molar-refractivity contribution >= 4 is 11.8 Å². The molecule has 2 N–H and O–H groups in total. The summed E-state index contributed by atoms with van der Waals surface area (Å²) in [4.78, 5) is 35.6. The summed E-state index contributed by atoms with van der Waals surface area (Å²) in [5.74, 6) is 0.638. The number of piperidine rings is 1. The van der Waals surface area contributed by atoms with Gasteiger partial charge >= 0.3 is 0 Å². The SMILES string of the molecule is CC(C)C(=O)N1CCC[C@@H](C(=O)N[C@@H](c2nc(-c3ncn[nH]3)no2)C(C)(C)C)C1. The number of hydrogen-bond donors (Lipinski definition) is 2. The Balaban J connectivity index is 1.74. The Kier molecular flexibility index (Phi) is 5.99. The molecule has 0 saturated carbocycles. The fourth-order valence-electron chi connectivity index (χ4n) is 3.43. The first-order chi connectivity index (χ1) is 13.7. The molecule has 1 saturated heterocycles. The largest absolute Gasteiger partial charge is 0.343 e. The molecule has 2 aromatic heterocycles. The van der Waals surface area contributed by atoms with Crippen LogP contribution in [-0.2, 0) is 9.59 Å². The predicted molar refractivity (Wildman–Crippen MR) is 104 cm³/mol. The van der Waals surface area contributed by atoms with Gasteiger partial charge in [-0.15, -0.1) is 0 Å². The molecule has 1 fully saturated rings. The van der Waals surface area contributed by atoms with E-state index in [2.05, 4.69) is 30.6 Å². The summed E-state index contributed by atoms with van der Waals surface area (Å²) in [6.45, 7) is 10.9. The van der Waals surface area contributed by atoms with Crippen molar-refractivity contribution in [1.29, 1.82) is 0 Å². The molecule has 0 spiro atoms. The van der Waals surface area contributed by atoms with E-state index >= 15 is 0 Å². The molecule has 3 rings (SSSR count). The molecular formula is C19H29N7O3. The van der Waals surface area contributed by atoms with Crippen molar-refractivity contribution < 1.29 is 14.1 Å². The summed E-state index contributed by atoms with van der Waals surface area (Å²) in [5.41, 5.74) is -0.358. The fraction of sp³-hybridized carbons (Fsp3) is 0.684. The van der Waals surface area contributed by atoms with Crippen LogP contribution in [0.25, 0.3) is 11.6 Å². The zero-order valence-electron chi connectivity index (χ0n) is 17.6. The molecule has 0 aromatic carbocycles. The van der Waals surface area contributed by atoms with Gasteiger partial charge in [0.2, 0.25) is 23.5 Å². The van der Waals surface area contributed by atoms with Gasteiger partial charge in [-0.25, -0.2) is 4.98 Å². The van der Waals surface area contributed by atoms with Crippen molar-refractivity contribution in [3.05, 3.63) is 12.2 Å². The van der Waals surface area contributed by atoms with Gasteiger partial charge in [-0.3, -0.25) is 14.7 Å². The van der Waals surface area contributed by atoms with E-state index in [0.717, 1.165) is 12.8 Å². The molecule has 2 aromatic rings. The van der Waals surface area contributed by atoms with Crippen LogP contribution in [0.1, 0.15) is 59.4 Å². The van der Waals surface area contributed by atoms with E-state index in [1.54, 1.807) is 4.90 Å². The number of rotatable bonds is 5. The second-order valence-corrected chi connectivity index (χ2v) is 8.88. The van der Waals surface area contributed by atoms with Crippen LogP contribution in [0.15, 0.2) is 10.9 Å². The average Bonchev–Trinajstić information content (AvgIpc) is 3.35. The van der Waals surface area contributed by atoms with Crippen molar-refractivity contribution in [2.45, 2.75) is 53.5 Å². The van der Waals surface area contributed by atoms with Gasteiger partial charge in [-0.2, -0.15) is 10.1 Å². The molecule has 0 aliphatic carbocycles. The highest BCUT2D eigenvalue weighted by molar-refractivity contribution is 5.82. The van der Waals surface area contributed by atoms with Crippen molar-refractivity contribution in [2.75, 3.05) is 13.1 Å². The van der Waals surface area contributed by atoms with Crippen LogP contribution in [0.4, 0.5) is 0 Å². The lowest BCUT2D eigenvalue weighted by Crippen LogP contribution is -2.48. The standard InChI is InChI=1S/C19H29N7O3/c1-11(2)18(28)26-8-6-7-12(9-26)16(27)22-13(19(3,4)5)17-23-15(25-29-17)14-20-10-21-24-14/h10-13H,6-9H2,1-5H3,(H,22,27)(H,20,21,24)/t12-,13+/m1/s1. The van der Waals surface area contributed by atoms with Crippen molar-refractivity contribution in [3.8, 4) is 11.6 Å². The third kappa shape index (κ3) is 4.80. The highest BCUT2D eigenvalue weighted by atomic mass is 16.5. The maximum absolute atomic E-state index is 13.0. The molecule has 2 amide bonds. The number of aromatic amines is 1. The van der Waals surface area contributed by atoms with Gasteiger partial charge in [-0.05, 0) is 18.3 Å². The number of carbonyl (C=O) groups excluding carboxylic acids is 2. The fourth-order valence-corrected chi connectivity index (χ4v) is 3.43. The van der Waals surface area contributed by atoms with E-state index < -0.39 is 6.04 Å². The molecule has 2 atom stereocenters. The van der Waals surface area contributed by atoms with Crippen LogP contribution in [0, 0.1) is 17.3 Å². The maximum atomic E-state index is 13.0. The molecule has 10 heteroatoms. The number of likely N-dealkylation sites (tertiary alicyclic amines) is 1. The third-order valence-electron chi connectivity index (χ3n) is 5.07. The predicted octanol–water partition coefficient (Wildman–Crippen LogP) is 1.95. The van der Waals surface area contributed by atoms with Gasteiger partial charge in [0.05, 0.1) is 5.92 Å². The second kappa shape index (κ2) is 8.30. The van der Waals surface area contributed by atoms with Crippen LogP contribution in [0.5, 0.6) is 0 Å². The van der Waals surface area contributed by atoms with E-state index in [1.165, 1.54) is 6.33 Å². The Bertz CT molecular complexity index is 838. The number of nitrogens with one attached hydrogen (secondary N) is 2. The quantitative estimate of drug-likeness (QED) is 0.780. The molecule has 10 nitrogen and oxygen atoms in total. The van der Waals surface area contributed by atoms with Crippen LogP contribution >= 0.6 is 0 Å². The molecule has 29 heavy (non-hydrogen) atoms. The Morgan fingerprint density at radius 3 is 2.72 bits per heavy atom. The van der Waals surface area contributed by atoms with Crippen LogP contribution in [0.3, 0.4) is 0 Å². The number of nitrogens with zero attached hydrogens (tertiary/aromatic N) is 5. The van der Waals surface area contributed by atoms with Crippen LogP contribution < -0.4 is 5.32 Å². The zero-order valence-corrected chi connectivity index (χ0v) is 17.6. The Hall–Kier alpha value is -2.78. The minimum Gasteiger partial charge on any atom is -0.343 e. The van der Waals surface area contributed by atoms with Gasteiger partial charge in [0, 0.05) is 19.0 Å². The first-order valence-electron chi connectivity index (χ1n) is 9.95. The van der Waals surface area contributed by atoms with Gasteiger partial charge in [0.25, 0.3) is 0 Å². The minimum atomic E-state index is -0.477. The van der Waals surface area contributed by atoms with E-state index in [1.807, 2.05) is 34.6 Å². The third-order valence-corrected chi connectivity index (χ3v) is 5.07. The molecule has 0 unspecified atom stereocenters. The summed E-state index contributed by atoms with van der Waals surface area (Å²) in [5, 5.41) is 13.5. The Morgan fingerprint density at radius 1 is 1.34 bits per heavy atom. The van der Waals surface area contributed by atoms with Gasteiger partial charge in [0.1, 0.15) is 12.4 Å². The van der Waals surface area contributed by atoms with E-state index in [4.69, 9.17) is 4.52 Å². The van der Waals surface area contributed by atoms with Gasteiger partial charge in [-0.1, -0.05) is 39.8 Å². The lowest BCUT2D eigenvalue weighted by Gasteiger charge is -2.35. The highest BCUT2D eigenvalue weighted by Crippen LogP contribution is 2.33. The molecule has 1 aliphatic heterocycles. The normalized spacial score (nSPS) is 18.7. The van der Waals surface area contributed by atoms with Crippen molar-refractivity contribution in [3.63, 3.8) is 0 Å². The number of H-pyrrole nitrogens is 1. The average molecular weight is 403 g/mol. The van der Waals surface area contributed by atoms with Crippen LogP contribution in [0.2, 0.25) is 0 Å². The molecular weight excluding hydrogens is 374 g/mol. The van der Waals surface area contributed by atoms with E-state index in [9.17, 15) is 9.59 Å². The number of amides is 2. The van der Waals surface area contributed by atoms with E-state index in [-0.39, 0.29) is 34.9 Å². The summed E-state index contributed by atoms with van der Waals surface area (Å²) in [6.07, 6.45) is 2.92. The minimum absolute atomic E-state index is 0.0768. The highest BCUT2D eigenvalue weighted by Gasteiger charge is 2.36. The Labute approximate surface area is 169 Å². The molecule has 0 bridgehead atoms. The summed E-state index contributed by atoms with van der Waals surface area (Å²) in [7, 11) is 0. The number of hydrogen-bond acceptors (Lipinski definition) is 7. The summed E-state index contributed by atoms with van der Waals surface area (Å²) in [6, 6.07) is -0.477. The lowest BCUT2D eigenvalue weighted by atomic mass is 9.85. The maximum Gasteiger partial charge on any atom is 0.250 e. The van der Waals surface area contributed by atoms with Crippen molar-refractivity contribution in [1.82, 2.24) is 35.5 Å². The monoisotopic (exact) mass is 403 g/mol. The molecule has 1 aliphatic rings. The smallest absolute Gasteiger partial charge is 0.250 e. The first kappa shape index (κ1) is 20.9.